The Hall–Kier alpha value is -5.10. The lowest BCUT2D eigenvalue weighted by Gasteiger charge is -2.10. The maximum Gasteiger partial charge on any atom is 0.379 e. The summed E-state index contributed by atoms with van der Waals surface area (Å²) in [6.45, 7) is 0. The molecule has 1 amide bonds. The smallest absolute Gasteiger partial charge is 0.379 e. The minimum Gasteiger partial charge on any atom is -0.497 e. The maximum absolute atomic E-state index is 12.8. The molecular weight excluding hydrogens is 526 g/mol. The molecule has 0 atom stereocenters. The van der Waals surface area contributed by atoms with E-state index in [1.54, 1.807) is 42.5 Å². The molecule has 39 heavy (non-hydrogen) atoms. The third-order valence-corrected chi connectivity index (χ3v) is 6.62. The number of rotatable bonds is 10. The van der Waals surface area contributed by atoms with Crippen molar-refractivity contribution in [3.8, 4) is 17.2 Å². The van der Waals surface area contributed by atoms with Crippen LogP contribution in [0.5, 0.6) is 17.2 Å². The lowest BCUT2D eigenvalue weighted by atomic mass is 10.2. The van der Waals surface area contributed by atoms with E-state index in [1.165, 1.54) is 63.1 Å². The van der Waals surface area contributed by atoms with Gasteiger partial charge in [0.1, 0.15) is 5.75 Å². The van der Waals surface area contributed by atoms with Crippen molar-refractivity contribution in [1.29, 1.82) is 0 Å². The number of ether oxygens (including phenoxy) is 3. The molecule has 2 N–H and O–H groups in total. The normalized spacial score (nSPS) is 11.1. The maximum atomic E-state index is 12.8. The molecule has 3 aromatic carbocycles. The van der Waals surface area contributed by atoms with Crippen LogP contribution in [-0.4, -0.2) is 40.7 Å². The van der Waals surface area contributed by atoms with Crippen LogP contribution in [0.15, 0.2) is 99.5 Å². The molecule has 0 aliphatic heterocycles. The fourth-order valence-corrected chi connectivity index (χ4v) is 4.41. The molecule has 0 spiro atoms. The van der Waals surface area contributed by atoms with Gasteiger partial charge in [-0.15, -0.1) is 0 Å². The summed E-state index contributed by atoms with van der Waals surface area (Å²) in [6.07, 6.45) is 2.71. The number of hydrogen-bond donors (Lipinski definition) is 2. The van der Waals surface area contributed by atoms with Crippen molar-refractivity contribution in [2.45, 2.75) is 4.90 Å². The molecule has 4 rings (SSSR count). The first kappa shape index (κ1) is 26.9. The largest absolute Gasteiger partial charge is 0.497 e. The minimum absolute atomic E-state index is 0.0405. The van der Waals surface area contributed by atoms with Gasteiger partial charge in [-0.3, -0.25) is 9.52 Å². The Labute approximate surface area is 224 Å². The van der Waals surface area contributed by atoms with Crippen LogP contribution in [0.1, 0.15) is 26.5 Å². The molecule has 0 fully saturated rings. The molecule has 0 bridgehead atoms. The van der Waals surface area contributed by atoms with Gasteiger partial charge in [0.05, 0.1) is 31.6 Å². The molecule has 11 nitrogen and oxygen atoms in total. The predicted molar refractivity (Wildman–Crippen MR) is 142 cm³/mol. The molecule has 0 unspecified atom stereocenters. The van der Waals surface area contributed by atoms with E-state index in [1.807, 2.05) is 0 Å². The van der Waals surface area contributed by atoms with Crippen molar-refractivity contribution in [1.82, 2.24) is 5.43 Å². The van der Waals surface area contributed by atoms with Crippen molar-refractivity contribution in [3.63, 3.8) is 0 Å². The molecule has 0 aliphatic rings. The molecule has 0 aliphatic carbocycles. The third-order valence-electron chi connectivity index (χ3n) is 5.24. The molecule has 1 heterocycles. The average Bonchev–Trinajstić information content (AvgIpc) is 3.49. The van der Waals surface area contributed by atoms with Crippen LogP contribution < -0.4 is 24.4 Å². The van der Waals surface area contributed by atoms with E-state index < -0.39 is 21.9 Å². The number of nitrogens with zero attached hydrogens (tertiary/aromatic N) is 1. The van der Waals surface area contributed by atoms with Gasteiger partial charge in [-0.25, -0.2) is 18.6 Å². The number of nitrogens with one attached hydrogen (secondary N) is 2. The van der Waals surface area contributed by atoms with Gasteiger partial charge in [0, 0.05) is 11.3 Å². The van der Waals surface area contributed by atoms with E-state index in [2.05, 4.69) is 15.2 Å². The van der Waals surface area contributed by atoms with Crippen LogP contribution in [0.3, 0.4) is 0 Å². The summed E-state index contributed by atoms with van der Waals surface area (Å²) in [4.78, 5) is 24.6. The summed E-state index contributed by atoms with van der Waals surface area (Å²) in [7, 11) is -1.03. The van der Waals surface area contributed by atoms with Crippen LogP contribution >= 0.6 is 0 Å². The number of methoxy groups -OCH3 is 2. The highest BCUT2D eigenvalue weighted by molar-refractivity contribution is 7.92. The summed E-state index contributed by atoms with van der Waals surface area (Å²) >= 11 is 0. The Morgan fingerprint density at radius 2 is 1.69 bits per heavy atom. The highest BCUT2D eigenvalue weighted by atomic mass is 32.2. The second kappa shape index (κ2) is 12.0. The Kier molecular flexibility index (Phi) is 8.27. The second-order valence-electron chi connectivity index (χ2n) is 7.84. The number of carbonyl (C=O) groups excluding carboxylic acids is 2. The zero-order valence-corrected chi connectivity index (χ0v) is 21.6. The van der Waals surface area contributed by atoms with Gasteiger partial charge in [0.15, 0.2) is 11.5 Å². The monoisotopic (exact) mass is 549 g/mol. The first-order valence-electron chi connectivity index (χ1n) is 11.3. The number of anilines is 1. The fourth-order valence-electron chi connectivity index (χ4n) is 3.30. The summed E-state index contributed by atoms with van der Waals surface area (Å²) < 4.78 is 48.7. The zero-order valence-electron chi connectivity index (χ0n) is 20.8. The van der Waals surface area contributed by atoms with Crippen LogP contribution in [0, 0.1) is 0 Å². The molecule has 12 heteroatoms. The van der Waals surface area contributed by atoms with Gasteiger partial charge >= 0.3 is 5.97 Å². The molecule has 200 valence electrons. The fraction of sp³-hybridized carbons (Fsp3) is 0.0741. The first-order chi connectivity index (χ1) is 18.8. The number of amides is 1. The number of hydrogen-bond acceptors (Lipinski definition) is 9. The van der Waals surface area contributed by atoms with Crippen molar-refractivity contribution >= 4 is 33.8 Å². The van der Waals surface area contributed by atoms with Crippen molar-refractivity contribution in [3.05, 3.63) is 102 Å². The predicted octanol–water partition coefficient (Wildman–Crippen LogP) is 4.08. The SMILES string of the molecule is COc1ccc(NS(=O)(=O)c2cccc(C(=O)NN=Cc3ccc(OC(=O)c4ccco4)c(OC)c3)c2)cc1. The summed E-state index contributed by atoms with van der Waals surface area (Å²) in [5, 5.41) is 3.92. The van der Waals surface area contributed by atoms with Crippen LogP contribution in [0.2, 0.25) is 0 Å². The van der Waals surface area contributed by atoms with Gasteiger partial charge in [-0.1, -0.05) is 6.07 Å². The molecule has 4 aromatic rings. The minimum atomic E-state index is -3.95. The average molecular weight is 550 g/mol. The Balaban J connectivity index is 1.41. The van der Waals surface area contributed by atoms with Crippen LogP contribution in [0.4, 0.5) is 5.69 Å². The van der Waals surface area contributed by atoms with E-state index in [4.69, 9.17) is 18.6 Å². The number of sulfonamides is 1. The molecule has 0 saturated carbocycles. The van der Waals surface area contributed by atoms with Gasteiger partial charge < -0.3 is 18.6 Å². The van der Waals surface area contributed by atoms with E-state index in [0.29, 0.717) is 17.0 Å². The number of benzene rings is 3. The highest BCUT2D eigenvalue weighted by Crippen LogP contribution is 2.28. The topological polar surface area (TPSA) is 146 Å². The number of furan rings is 1. The lowest BCUT2D eigenvalue weighted by Crippen LogP contribution is -2.19. The van der Waals surface area contributed by atoms with E-state index >= 15 is 0 Å². The second-order valence-corrected chi connectivity index (χ2v) is 9.52. The van der Waals surface area contributed by atoms with Gasteiger partial charge in [-0.2, -0.15) is 5.10 Å². The highest BCUT2D eigenvalue weighted by Gasteiger charge is 2.17. The third kappa shape index (κ3) is 6.81. The van der Waals surface area contributed by atoms with Gasteiger partial charge in [0.25, 0.3) is 15.9 Å². The van der Waals surface area contributed by atoms with Crippen molar-refractivity contribution in [2.24, 2.45) is 5.10 Å². The summed E-state index contributed by atoms with van der Waals surface area (Å²) in [5.41, 5.74) is 3.31. The summed E-state index contributed by atoms with van der Waals surface area (Å²) in [6, 6.07) is 19.6. The van der Waals surface area contributed by atoms with E-state index in [-0.39, 0.29) is 27.7 Å². The standard InChI is InChI=1S/C27H23N3O8S/c1-35-21-11-9-20(10-12-21)30-39(33,34)22-6-3-5-19(16-22)26(31)29-28-17-18-8-13-23(25(15-18)36-2)38-27(32)24-7-4-14-37-24/h3-17,30H,1-2H3,(H,29,31). The van der Waals surface area contributed by atoms with Crippen molar-refractivity contribution in [2.75, 3.05) is 18.9 Å². The molecule has 0 radical (unpaired) electrons. The molecular formula is C27H23N3O8S. The quantitative estimate of drug-likeness (QED) is 0.130. The Morgan fingerprint density at radius 1 is 0.897 bits per heavy atom. The number of carbonyl (C=O) groups is 2. The number of esters is 1. The first-order valence-corrected chi connectivity index (χ1v) is 12.8. The van der Waals surface area contributed by atoms with Crippen LogP contribution in [0.25, 0.3) is 0 Å². The Bertz CT molecular complexity index is 1600. The van der Waals surface area contributed by atoms with Gasteiger partial charge in [0.2, 0.25) is 5.76 Å². The zero-order chi connectivity index (χ0) is 27.8. The number of hydrazone groups is 1. The van der Waals surface area contributed by atoms with Gasteiger partial charge in [-0.05, 0) is 78.4 Å². The Morgan fingerprint density at radius 3 is 2.38 bits per heavy atom. The molecule has 0 saturated heterocycles. The van der Waals surface area contributed by atoms with E-state index in [0.717, 1.165) is 0 Å². The van der Waals surface area contributed by atoms with E-state index in [9.17, 15) is 18.0 Å². The van der Waals surface area contributed by atoms with Crippen LogP contribution in [-0.2, 0) is 10.0 Å². The molecule has 1 aromatic heterocycles. The van der Waals surface area contributed by atoms with Crippen molar-refractivity contribution < 1.29 is 36.6 Å². The lowest BCUT2D eigenvalue weighted by molar-refractivity contribution is 0.0696. The summed E-state index contributed by atoms with van der Waals surface area (Å²) in [5.74, 6) is -0.258.